The summed E-state index contributed by atoms with van der Waals surface area (Å²) in [5, 5.41) is 3.49. The summed E-state index contributed by atoms with van der Waals surface area (Å²) >= 11 is 7.36. The zero-order valence-electron chi connectivity index (χ0n) is 17.5. The second-order valence-electron chi connectivity index (χ2n) is 7.22. The van der Waals surface area contributed by atoms with E-state index in [2.05, 4.69) is 5.32 Å². The summed E-state index contributed by atoms with van der Waals surface area (Å²) in [5.41, 5.74) is 1.45. The maximum atomic E-state index is 13.0. The van der Waals surface area contributed by atoms with Crippen molar-refractivity contribution in [2.24, 2.45) is 0 Å². The lowest BCUT2D eigenvalue weighted by Crippen LogP contribution is -2.35. The molecule has 0 atom stereocenters. The third kappa shape index (κ3) is 6.62. The minimum absolute atomic E-state index is 0.168. The highest BCUT2D eigenvalue weighted by molar-refractivity contribution is 7.99. The van der Waals surface area contributed by atoms with Crippen LogP contribution in [-0.2, 0) is 20.6 Å². The molecule has 1 fully saturated rings. The Kier molecular flexibility index (Phi) is 8.66. The van der Waals surface area contributed by atoms with Gasteiger partial charge in [-0.2, -0.15) is 4.31 Å². The van der Waals surface area contributed by atoms with Crippen molar-refractivity contribution >= 4 is 45.0 Å². The number of carbonyl (C=O) groups excluding carboxylic acids is 1. The van der Waals surface area contributed by atoms with E-state index in [0.29, 0.717) is 41.9 Å². The molecular formula is C22H27ClN2O4S2. The van der Waals surface area contributed by atoms with Crippen LogP contribution in [0.2, 0.25) is 5.02 Å². The third-order valence-electron chi connectivity index (χ3n) is 4.89. The molecule has 1 saturated heterocycles. The van der Waals surface area contributed by atoms with Crippen molar-refractivity contribution in [3.63, 3.8) is 0 Å². The van der Waals surface area contributed by atoms with Gasteiger partial charge < -0.3 is 10.1 Å². The maximum absolute atomic E-state index is 13.0. The summed E-state index contributed by atoms with van der Waals surface area (Å²) in [6, 6.07) is 12.1. The van der Waals surface area contributed by atoms with Gasteiger partial charge in [0.05, 0.1) is 22.9 Å². The van der Waals surface area contributed by atoms with Gasteiger partial charge in [-0.25, -0.2) is 8.42 Å². The Bertz CT molecular complexity index is 991. The van der Waals surface area contributed by atoms with E-state index >= 15 is 0 Å². The monoisotopic (exact) mass is 482 g/mol. The first-order valence-corrected chi connectivity index (χ1v) is 13.3. The molecule has 2 aromatic carbocycles. The van der Waals surface area contributed by atoms with Crippen LogP contribution in [0, 0.1) is 0 Å². The van der Waals surface area contributed by atoms with Gasteiger partial charge in [0.2, 0.25) is 15.9 Å². The molecule has 1 N–H and O–H groups in total. The predicted octanol–water partition coefficient (Wildman–Crippen LogP) is 4.79. The minimum atomic E-state index is -3.60. The number of piperidine rings is 1. The average molecular weight is 483 g/mol. The Hall–Kier alpha value is -1.74. The molecule has 2 aromatic rings. The number of thioether (sulfide) groups is 1. The fraction of sp³-hybridized carbons (Fsp3) is 0.409. The molecule has 0 unspecified atom stereocenters. The highest BCUT2D eigenvalue weighted by atomic mass is 35.5. The van der Waals surface area contributed by atoms with Crippen LogP contribution in [0.1, 0.15) is 31.7 Å². The number of nitrogens with one attached hydrogen (secondary N) is 1. The third-order valence-corrected chi connectivity index (χ3v) is 8.04. The second kappa shape index (κ2) is 11.2. The number of rotatable bonds is 9. The number of sulfonamides is 1. The molecule has 168 valence electrons. The number of hydrogen-bond donors (Lipinski definition) is 1. The van der Waals surface area contributed by atoms with Crippen LogP contribution in [0.25, 0.3) is 0 Å². The van der Waals surface area contributed by atoms with Crippen LogP contribution < -0.4 is 10.1 Å². The number of nitrogens with zero attached hydrogens (tertiary/aromatic N) is 1. The summed E-state index contributed by atoms with van der Waals surface area (Å²) in [5.74, 6) is 1.15. The van der Waals surface area contributed by atoms with E-state index < -0.39 is 10.0 Å². The fourth-order valence-corrected chi connectivity index (χ4v) is 5.79. The molecule has 1 heterocycles. The van der Waals surface area contributed by atoms with Gasteiger partial charge >= 0.3 is 0 Å². The van der Waals surface area contributed by atoms with Crippen LogP contribution >= 0.6 is 23.4 Å². The van der Waals surface area contributed by atoms with Crippen molar-refractivity contribution in [3.8, 4) is 5.75 Å². The normalized spacial score (nSPS) is 14.9. The molecule has 0 spiro atoms. The van der Waals surface area contributed by atoms with E-state index in [1.807, 2.05) is 31.2 Å². The zero-order chi connectivity index (χ0) is 22.3. The number of halogens is 1. The first-order valence-electron chi connectivity index (χ1n) is 10.3. The van der Waals surface area contributed by atoms with Gasteiger partial charge in [-0.15, -0.1) is 11.8 Å². The highest BCUT2D eigenvalue weighted by Crippen LogP contribution is 2.30. The van der Waals surface area contributed by atoms with Gasteiger partial charge in [0.1, 0.15) is 5.75 Å². The number of ether oxygens (including phenoxy) is 1. The largest absolute Gasteiger partial charge is 0.492 e. The SMILES string of the molecule is CCOc1ccc(S(=O)(=O)N2CCCCC2)cc1NC(=O)CSCc1ccc(Cl)cc1. The number of carbonyl (C=O) groups is 1. The molecule has 0 saturated carbocycles. The molecule has 0 bridgehead atoms. The van der Waals surface area contributed by atoms with E-state index in [1.165, 1.54) is 22.1 Å². The minimum Gasteiger partial charge on any atom is -0.492 e. The van der Waals surface area contributed by atoms with Crippen molar-refractivity contribution in [1.82, 2.24) is 4.31 Å². The summed E-state index contributed by atoms with van der Waals surface area (Å²) in [6.07, 6.45) is 2.78. The standard InChI is InChI=1S/C22H27ClN2O4S2/c1-2-29-21-11-10-19(31(27,28)25-12-4-3-5-13-25)14-20(21)24-22(26)16-30-15-17-6-8-18(23)9-7-17/h6-11,14H,2-5,12-13,15-16H2,1H3,(H,24,26). The Balaban J connectivity index is 1.68. The fourth-order valence-electron chi connectivity index (χ4n) is 3.33. The topological polar surface area (TPSA) is 75.7 Å². The molecule has 3 rings (SSSR count). The molecule has 9 heteroatoms. The van der Waals surface area contributed by atoms with Crippen molar-refractivity contribution in [1.29, 1.82) is 0 Å². The van der Waals surface area contributed by atoms with Gasteiger partial charge in [0.15, 0.2) is 0 Å². The molecule has 1 aliphatic rings. The van der Waals surface area contributed by atoms with E-state index in [9.17, 15) is 13.2 Å². The van der Waals surface area contributed by atoms with E-state index in [1.54, 1.807) is 12.1 Å². The van der Waals surface area contributed by atoms with Gasteiger partial charge in [-0.1, -0.05) is 30.2 Å². The predicted molar refractivity (Wildman–Crippen MR) is 126 cm³/mol. The Labute approximate surface area is 193 Å². The van der Waals surface area contributed by atoms with Crippen LogP contribution in [-0.4, -0.2) is 44.1 Å². The number of benzene rings is 2. The first-order chi connectivity index (χ1) is 14.9. The van der Waals surface area contributed by atoms with Crippen molar-refractivity contribution in [2.45, 2.75) is 36.8 Å². The van der Waals surface area contributed by atoms with Gasteiger partial charge in [0.25, 0.3) is 0 Å². The molecule has 6 nitrogen and oxygen atoms in total. The summed E-state index contributed by atoms with van der Waals surface area (Å²) in [7, 11) is -3.60. The lowest BCUT2D eigenvalue weighted by Gasteiger charge is -2.26. The summed E-state index contributed by atoms with van der Waals surface area (Å²) in [4.78, 5) is 12.7. The van der Waals surface area contributed by atoms with Crippen LogP contribution in [0.3, 0.4) is 0 Å². The molecule has 1 aliphatic heterocycles. The lowest BCUT2D eigenvalue weighted by molar-refractivity contribution is -0.113. The van der Waals surface area contributed by atoms with E-state index in [0.717, 1.165) is 24.8 Å². The number of anilines is 1. The summed E-state index contributed by atoms with van der Waals surface area (Å²) in [6.45, 7) is 3.30. The van der Waals surface area contributed by atoms with Gasteiger partial charge in [0, 0.05) is 23.9 Å². The van der Waals surface area contributed by atoms with Crippen molar-refractivity contribution in [2.75, 3.05) is 30.8 Å². The smallest absolute Gasteiger partial charge is 0.243 e. The van der Waals surface area contributed by atoms with Crippen LogP contribution in [0.4, 0.5) is 5.69 Å². The first kappa shape index (κ1) is 23.9. The quantitative estimate of drug-likeness (QED) is 0.556. The van der Waals surface area contributed by atoms with Crippen LogP contribution in [0.15, 0.2) is 47.4 Å². The van der Waals surface area contributed by atoms with E-state index in [4.69, 9.17) is 16.3 Å². The molecule has 1 amide bonds. The van der Waals surface area contributed by atoms with Crippen molar-refractivity contribution < 1.29 is 17.9 Å². The Morgan fingerprint density at radius 3 is 2.52 bits per heavy atom. The molecular weight excluding hydrogens is 456 g/mol. The maximum Gasteiger partial charge on any atom is 0.243 e. The Morgan fingerprint density at radius 2 is 1.84 bits per heavy atom. The molecule has 0 aromatic heterocycles. The van der Waals surface area contributed by atoms with Gasteiger partial charge in [-0.05, 0) is 55.7 Å². The lowest BCUT2D eigenvalue weighted by atomic mass is 10.2. The molecule has 0 aliphatic carbocycles. The zero-order valence-corrected chi connectivity index (χ0v) is 19.9. The number of amides is 1. The number of hydrogen-bond acceptors (Lipinski definition) is 5. The Morgan fingerprint density at radius 1 is 1.13 bits per heavy atom. The highest BCUT2D eigenvalue weighted by Gasteiger charge is 2.27. The van der Waals surface area contributed by atoms with Crippen molar-refractivity contribution in [3.05, 3.63) is 53.1 Å². The molecule has 0 radical (unpaired) electrons. The second-order valence-corrected chi connectivity index (χ2v) is 10.6. The van der Waals surface area contributed by atoms with E-state index in [-0.39, 0.29) is 16.6 Å². The van der Waals surface area contributed by atoms with Crippen LogP contribution in [0.5, 0.6) is 5.75 Å². The van der Waals surface area contributed by atoms with Gasteiger partial charge in [-0.3, -0.25) is 4.79 Å². The average Bonchev–Trinajstić information content (AvgIpc) is 2.77. The molecule has 31 heavy (non-hydrogen) atoms. The summed E-state index contributed by atoms with van der Waals surface area (Å²) < 4.78 is 33.1.